The zero-order valence-electron chi connectivity index (χ0n) is 8.96. The molecule has 0 aliphatic rings. The summed E-state index contributed by atoms with van der Waals surface area (Å²) in [5, 5.41) is 19.1. The molecule has 2 N–H and O–H groups in total. The second kappa shape index (κ2) is 5.86. The summed E-state index contributed by atoms with van der Waals surface area (Å²) >= 11 is 5.76. The molecule has 3 heteroatoms. The predicted molar refractivity (Wildman–Crippen MR) is 62.6 cm³/mol. The van der Waals surface area contributed by atoms with Gasteiger partial charge < -0.3 is 10.2 Å². The Balaban J connectivity index is 2.57. The first-order valence-corrected chi connectivity index (χ1v) is 5.73. The van der Waals surface area contributed by atoms with Gasteiger partial charge in [-0.2, -0.15) is 0 Å². The van der Waals surface area contributed by atoms with Crippen LogP contribution >= 0.6 is 11.6 Å². The van der Waals surface area contributed by atoms with E-state index in [2.05, 4.69) is 6.92 Å². The molecule has 0 unspecified atom stereocenters. The molecule has 0 bridgehead atoms. The number of benzene rings is 1. The summed E-state index contributed by atoms with van der Waals surface area (Å²) in [6.07, 6.45) is 5.43. The first kappa shape index (κ1) is 12.2. The summed E-state index contributed by atoms with van der Waals surface area (Å²) in [7, 11) is 0. The third-order valence-corrected chi connectivity index (χ3v) is 2.75. The molecule has 0 spiro atoms. The Morgan fingerprint density at radius 3 is 2.47 bits per heavy atom. The van der Waals surface area contributed by atoms with Gasteiger partial charge in [-0.25, -0.2) is 0 Å². The Morgan fingerprint density at radius 2 is 1.80 bits per heavy atom. The molecule has 0 heterocycles. The highest BCUT2D eigenvalue weighted by molar-refractivity contribution is 6.32. The molecule has 0 aliphatic heterocycles. The lowest BCUT2D eigenvalue weighted by Crippen LogP contribution is -1.87. The van der Waals surface area contributed by atoms with Gasteiger partial charge in [-0.05, 0) is 24.5 Å². The standard InChI is InChI=1S/C12H17ClO2/c1-2-3-4-5-6-9-7-10(13)12(15)8-11(9)14/h7-8,14-15H,2-6H2,1H3. The van der Waals surface area contributed by atoms with Crippen molar-refractivity contribution in [3.05, 3.63) is 22.7 Å². The minimum absolute atomic E-state index is 0.0634. The number of aromatic hydroxyl groups is 2. The van der Waals surface area contributed by atoms with Gasteiger partial charge in [-0.1, -0.05) is 37.8 Å². The number of rotatable bonds is 5. The van der Waals surface area contributed by atoms with Gasteiger partial charge in [-0.3, -0.25) is 0 Å². The first-order valence-electron chi connectivity index (χ1n) is 5.35. The molecule has 0 aromatic heterocycles. The summed E-state index contributed by atoms with van der Waals surface area (Å²) in [6.45, 7) is 2.16. The van der Waals surface area contributed by atoms with E-state index in [1.54, 1.807) is 6.07 Å². The van der Waals surface area contributed by atoms with Crippen molar-refractivity contribution in [3.8, 4) is 11.5 Å². The van der Waals surface area contributed by atoms with E-state index < -0.39 is 0 Å². The molecule has 0 saturated heterocycles. The minimum Gasteiger partial charge on any atom is -0.508 e. The highest BCUT2D eigenvalue weighted by Crippen LogP contribution is 2.31. The average Bonchev–Trinajstić information content (AvgIpc) is 2.20. The van der Waals surface area contributed by atoms with Crippen molar-refractivity contribution in [1.82, 2.24) is 0 Å². The van der Waals surface area contributed by atoms with E-state index in [1.165, 1.54) is 18.9 Å². The summed E-state index contributed by atoms with van der Waals surface area (Å²) in [5.74, 6) is 0.0693. The van der Waals surface area contributed by atoms with E-state index in [1.807, 2.05) is 0 Å². The first-order chi connectivity index (χ1) is 7.15. The summed E-state index contributed by atoms with van der Waals surface area (Å²) < 4.78 is 0. The third-order valence-electron chi connectivity index (χ3n) is 2.45. The van der Waals surface area contributed by atoms with Gasteiger partial charge in [0, 0.05) is 6.07 Å². The zero-order chi connectivity index (χ0) is 11.3. The molecule has 1 rings (SSSR count). The maximum Gasteiger partial charge on any atom is 0.137 e. The van der Waals surface area contributed by atoms with E-state index in [0.29, 0.717) is 5.02 Å². The maximum absolute atomic E-state index is 9.55. The van der Waals surface area contributed by atoms with Crippen LogP contribution in [0, 0.1) is 0 Å². The Bertz CT molecular complexity index is 324. The number of hydrogen-bond acceptors (Lipinski definition) is 2. The number of hydrogen-bond donors (Lipinski definition) is 2. The average molecular weight is 229 g/mol. The van der Waals surface area contributed by atoms with Crippen molar-refractivity contribution < 1.29 is 10.2 Å². The van der Waals surface area contributed by atoms with Gasteiger partial charge in [0.2, 0.25) is 0 Å². The molecule has 0 saturated carbocycles. The predicted octanol–water partition coefficient (Wildman–Crippen LogP) is 3.87. The van der Waals surface area contributed by atoms with Crippen molar-refractivity contribution in [1.29, 1.82) is 0 Å². The second-order valence-electron chi connectivity index (χ2n) is 3.74. The van der Waals surface area contributed by atoms with Crippen molar-refractivity contribution in [3.63, 3.8) is 0 Å². The van der Waals surface area contributed by atoms with Gasteiger partial charge in [-0.15, -0.1) is 0 Å². The molecule has 84 valence electrons. The molecule has 1 aromatic rings. The van der Waals surface area contributed by atoms with Crippen molar-refractivity contribution >= 4 is 11.6 Å². The second-order valence-corrected chi connectivity index (χ2v) is 4.15. The Kier molecular flexibility index (Phi) is 4.76. The van der Waals surface area contributed by atoms with Crippen LogP contribution in [0.5, 0.6) is 11.5 Å². The lowest BCUT2D eigenvalue weighted by Gasteiger charge is -2.06. The Morgan fingerprint density at radius 1 is 1.07 bits per heavy atom. The van der Waals surface area contributed by atoms with Crippen LogP contribution < -0.4 is 0 Å². The van der Waals surface area contributed by atoms with Crippen LogP contribution in [-0.2, 0) is 6.42 Å². The number of halogens is 1. The van der Waals surface area contributed by atoms with E-state index in [0.717, 1.165) is 24.8 Å². The van der Waals surface area contributed by atoms with E-state index in [4.69, 9.17) is 11.6 Å². The highest BCUT2D eigenvalue weighted by Gasteiger charge is 2.06. The summed E-state index contributed by atoms with van der Waals surface area (Å²) in [4.78, 5) is 0. The van der Waals surface area contributed by atoms with E-state index in [-0.39, 0.29) is 11.5 Å². The number of aryl methyl sites for hydroxylation is 1. The van der Waals surface area contributed by atoms with Crippen LogP contribution in [0.1, 0.15) is 38.2 Å². The van der Waals surface area contributed by atoms with Crippen LogP contribution in [0.2, 0.25) is 5.02 Å². The van der Waals surface area contributed by atoms with E-state index >= 15 is 0 Å². The van der Waals surface area contributed by atoms with Crippen LogP contribution in [0.25, 0.3) is 0 Å². The summed E-state index contributed by atoms with van der Waals surface area (Å²) in [5.41, 5.74) is 0.814. The van der Waals surface area contributed by atoms with Crippen LogP contribution in [0.3, 0.4) is 0 Å². The molecular formula is C12H17ClO2. The highest BCUT2D eigenvalue weighted by atomic mass is 35.5. The van der Waals surface area contributed by atoms with Crippen LogP contribution in [0.15, 0.2) is 12.1 Å². The van der Waals surface area contributed by atoms with Gasteiger partial charge in [0.1, 0.15) is 11.5 Å². The monoisotopic (exact) mass is 228 g/mol. The topological polar surface area (TPSA) is 40.5 Å². The molecule has 0 atom stereocenters. The van der Waals surface area contributed by atoms with Gasteiger partial charge in [0.25, 0.3) is 0 Å². The third kappa shape index (κ3) is 3.63. The fraction of sp³-hybridized carbons (Fsp3) is 0.500. The fourth-order valence-electron chi connectivity index (χ4n) is 1.53. The zero-order valence-corrected chi connectivity index (χ0v) is 9.72. The van der Waals surface area contributed by atoms with Crippen molar-refractivity contribution in [2.24, 2.45) is 0 Å². The lowest BCUT2D eigenvalue weighted by molar-refractivity contribution is 0.445. The molecule has 15 heavy (non-hydrogen) atoms. The Labute approximate surface area is 95.5 Å². The molecular weight excluding hydrogens is 212 g/mol. The quantitative estimate of drug-likeness (QED) is 0.751. The largest absolute Gasteiger partial charge is 0.508 e. The SMILES string of the molecule is CCCCCCc1cc(Cl)c(O)cc1O. The molecule has 0 aliphatic carbocycles. The van der Waals surface area contributed by atoms with Gasteiger partial charge in [0.15, 0.2) is 0 Å². The molecule has 1 aromatic carbocycles. The molecule has 0 amide bonds. The smallest absolute Gasteiger partial charge is 0.137 e. The Hall–Kier alpha value is -0.890. The fourth-order valence-corrected chi connectivity index (χ4v) is 1.72. The van der Waals surface area contributed by atoms with Gasteiger partial charge in [0.05, 0.1) is 5.02 Å². The van der Waals surface area contributed by atoms with Crippen LogP contribution in [0.4, 0.5) is 0 Å². The maximum atomic E-state index is 9.55. The van der Waals surface area contributed by atoms with E-state index in [9.17, 15) is 10.2 Å². The number of phenols is 2. The summed E-state index contributed by atoms with van der Waals surface area (Å²) in [6, 6.07) is 2.94. The van der Waals surface area contributed by atoms with Crippen molar-refractivity contribution in [2.45, 2.75) is 39.0 Å². The lowest BCUT2D eigenvalue weighted by atomic mass is 10.1. The molecule has 0 radical (unpaired) electrons. The minimum atomic E-state index is -0.0634. The van der Waals surface area contributed by atoms with Gasteiger partial charge >= 0.3 is 0 Å². The molecule has 2 nitrogen and oxygen atoms in total. The van der Waals surface area contributed by atoms with Crippen LogP contribution in [-0.4, -0.2) is 10.2 Å². The normalized spacial score (nSPS) is 10.5. The number of unbranched alkanes of at least 4 members (excludes halogenated alkanes) is 3. The van der Waals surface area contributed by atoms with Crippen molar-refractivity contribution in [2.75, 3.05) is 0 Å². The molecule has 0 fully saturated rings. The number of phenolic OH excluding ortho intramolecular Hbond substituents is 2.